The second-order valence-corrected chi connectivity index (χ2v) is 7.63. The molecule has 1 aliphatic heterocycles. The fourth-order valence-corrected chi connectivity index (χ4v) is 4.86. The first-order valence-electron chi connectivity index (χ1n) is 6.81. The molecular formula is C14H19NO2S. The van der Waals surface area contributed by atoms with Gasteiger partial charge in [-0.3, -0.25) is 9.59 Å². The maximum Gasteiger partial charge on any atom is 0.270 e. The molecule has 1 amide bonds. The Labute approximate surface area is 112 Å². The largest absolute Gasteiger partial charge is 0.298 e. The highest BCUT2D eigenvalue weighted by atomic mass is 32.2. The van der Waals surface area contributed by atoms with Gasteiger partial charge >= 0.3 is 0 Å². The van der Waals surface area contributed by atoms with E-state index in [4.69, 9.17) is 0 Å². The number of fused-ring (bicyclic) bond motifs is 2. The highest BCUT2D eigenvalue weighted by molar-refractivity contribution is 8.16. The lowest BCUT2D eigenvalue weighted by Crippen LogP contribution is -2.35. The molecule has 0 unspecified atom stereocenters. The summed E-state index contributed by atoms with van der Waals surface area (Å²) in [5, 5.41) is 0.898. The Morgan fingerprint density at radius 3 is 2.72 bits per heavy atom. The summed E-state index contributed by atoms with van der Waals surface area (Å²) in [4.78, 5) is 27.6. The molecule has 18 heavy (non-hydrogen) atoms. The van der Waals surface area contributed by atoms with Crippen molar-refractivity contribution in [2.75, 3.05) is 0 Å². The van der Waals surface area contributed by atoms with Gasteiger partial charge in [0.05, 0.1) is 5.04 Å². The number of amides is 1. The van der Waals surface area contributed by atoms with Gasteiger partial charge in [0.2, 0.25) is 0 Å². The Kier molecular flexibility index (Phi) is 2.88. The normalized spacial score (nSPS) is 42.4. The third-order valence-corrected chi connectivity index (χ3v) is 6.31. The number of nitrogens with zero attached hydrogens (tertiary/aromatic N) is 1. The molecule has 1 heterocycles. The minimum atomic E-state index is -0.938. The summed E-state index contributed by atoms with van der Waals surface area (Å²) in [5.74, 6) is 2.14. The molecule has 4 atom stereocenters. The smallest absolute Gasteiger partial charge is 0.270 e. The molecule has 2 fully saturated rings. The quantitative estimate of drug-likeness (QED) is 0.737. The first-order valence-corrected chi connectivity index (χ1v) is 7.62. The van der Waals surface area contributed by atoms with Crippen LogP contribution in [-0.4, -0.2) is 21.5 Å². The predicted molar refractivity (Wildman–Crippen MR) is 72.7 cm³/mol. The molecule has 2 bridgehead atoms. The zero-order chi connectivity index (χ0) is 12.9. The van der Waals surface area contributed by atoms with Crippen molar-refractivity contribution in [1.82, 2.24) is 0 Å². The molecule has 3 nitrogen and oxygen atoms in total. The first kappa shape index (κ1) is 12.4. The van der Waals surface area contributed by atoms with Crippen LogP contribution in [0.5, 0.6) is 0 Å². The third-order valence-electron chi connectivity index (χ3n) is 4.95. The molecular weight excluding hydrogens is 246 g/mol. The molecule has 0 saturated heterocycles. The van der Waals surface area contributed by atoms with Crippen LogP contribution in [0.1, 0.15) is 46.0 Å². The van der Waals surface area contributed by atoms with Gasteiger partial charge < -0.3 is 0 Å². The van der Waals surface area contributed by atoms with Gasteiger partial charge in [-0.2, -0.15) is 0 Å². The van der Waals surface area contributed by atoms with Crippen LogP contribution in [0.2, 0.25) is 0 Å². The molecule has 0 aromatic rings. The number of carbonyl (C=O) groups is 2. The summed E-state index contributed by atoms with van der Waals surface area (Å²) >= 11 is 1.39. The van der Waals surface area contributed by atoms with Crippen LogP contribution < -0.4 is 0 Å². The Hall–Kier alpha value is -0.640. The summed E-state index contributed by atoms with van der Waals surface area (Å²) in [7, 11) is 0. The molecule has 0 radical (unpaired) electrons. The van der Waals surface area contributed by atoms with E-state index >= 15 is 0 Å². The Balaban J connectivity index is 1.67. The zero-order valence-corrected chi connectivity index (χ0v) is 11.8. The highest BCUT2D eigenvalue weighted by Crippen LogP contribution is 2.51. The van der Waals surface area contributed by atoms with Crippen LogP contribution >= 0.6 is 11.8 Å². The van der Waals surface area contributed by atoms with Gasteiger partial charge in [0, 0.05) is 0 Å². The van der Waals surface area contributed by atoms with Gasteiger partial charge in [0.15, 0.2) is 10.5 Å². The Morgan fingerprint density at radius 2 is 2.22 bits per heavy atom. The SMILES string of the molecule is CC(=O)[C@]1(C)SC(C[C@H]2C[C@@H]3CC[C@H]2C3)=NC1=O. The topological polar surface area (TPSA) is 46.5 Å². The second kappa shape index (κ2) is 4.19. The lowest BCUT2D eigenvalue weighted by Gasteiger charge is -2.22. The molecule has 0 N–H and O–H groups in total. The number of carbonyl (C=O) groups excluding carboxylic acids is 2. The number of thioether (sulfide) groups is 1. The van der Waals surface area contributed by atoms with Crippen molar-refractivity contribution in [1.29, 1.82) is 0 Å². The van der Waals surface area contributed by atoms with Crippen molar-refractivity contribution in [3.63, 3.8) is 0 Å². The maximum atomic E-state index is 11.9. The van der Waals surface area contributed by atoms with Crippen LogP contribution in [0, 0.1) is 17.8 Å². The van der Waals surface area contributed by atoms with Crippen LogP contribution in [0.15, 0.2) is 4.99 Å². The van der Waals surface area contributed by atoms with E-state index in [1.54, 1.807) is 6.92 Å². The number of aliphatic imine (C=N–C) groups is 1. The van der Waals surface area contributed by atoms with E-state index < -0.39 is 4.75 Å². The number of hydrogen-bond acceptors (Lipinski definition) is 3. The highest BCUT2D eigenvalue weighted by Gasteiger charge is 2.47. The van der Waals surface area contributed by atoms with Crippen LogP contribution in [-0.2, 0) is 9.59 Å². The molecule has 0 aromatic carbocycles. The maximum absolute atomic E-state index is 11.9. The second-order valence-electron chi connectivity index (χ2n) is 6.14. The average Bonchev–Trinajstić information content (AvgIpc) is 2.95. The van der Waals surface area contributed by atoms with Gasteiger partial charge in [-0.05, 0) is 57.3 Å². The Morgan fingerprint density at radius 1 is 1.44 bits per heavy atom. The van der Waals surface area contributed by atoms with Crippen LogP contribution in [0.25, 0.3) is 0 Å². The van der Waals surface area contributed by atoms with E-state index in [0.29, 0.717) is 5.92 Å². The van der Waals surface area contributed by atoms with Gasteiger partial charge in [0.25, 0.3) is 5.91 Å². The molecule has 4 heteroatoms. The fourth-order valence-electron chi connectivity index (χ4n) is 3.68. The molecule has 3 aliphatic rings. The van der Waals surface area contributed by atoms with E-state index in [1.165, 1.54) is 44.4 Å². The zero-order valence-electron chi connectivity index (χ0n) is 10.9. The van der Waals surface area contributed by atoms with Crippen molar-refractivity contribution < 1.29 is 9.59 Å². The third kappa shape index (κ3) is 1.85. The predicted octanol–water partition coefficient (Wildman–Crippen LogP) is 2.83. The fraction of sp³-hybridized carbons (Fsp3) is 0.786. The van der Waals surface area contributed by atoms with Crippen LogP contribution in [0.4, 0.5) is 0 Å². The summed E-state index contributed by atoms with van der Waals surface area (Å²) in [5.41, 5.74) is 0. The number of hydrogen-bond donors (Lipinski definition) is 0. The van der Waals surface area contributed by atoms with E-state index in [1.807, 2.05) is 0 Å². The van der Waals surface area contributed by atoms with E-state index in [9.17, 15) is 9.59 Å². The van der Waals surface area contributed by atoms with Crippen molar-refractivity contribution in [3.05, 3.63) is 0 Å². The van der Waals surface area contributed by atoms with Crippen molar-refractivity contribution >= 4 is 28.5 Å². The lowest BCUT2D eigenvalue weighted by atomic mass is 9.87. The van der Waals surface area contributed by atoms with E-state index in [2.05, 4.69) is 4.99 Å². The molecule has 0 spiro atoms. The number of ketones is 1. The standard InChI is InChI=1S/C14H19NO2S/c1-8(16)14(2)13(17)15-12(18-14)7-11-6-9-3-4-10(11)5-9/h9-11H,3-7H2,1-2H3/t9-,10+,11-,14+/m1/s1. The van der Waals surface area contributed by atoms with Crippen LogP contribution in [0.3, 0.4) is 0 Å². The monoisotopic (exact) mass is 265 g/mol. The summed E-state index contributed by atoms with van der Waals surface area (Å²) in [6.45, 7) is 3.19. The first-order chi connectivity index (χ1) is 8.49. The average molecular weight is 265 g/mol. The van der Waals surface area contributed by atoms with Gasteiger partial charge in [-0.25, -0.2) is 4.99 Å². The summed E-state index contributed by atoms with van der Waals surface area (Å²) in [6.07, 6.45) is 6.34. The molecule has 0 aromatic heterocycles. The van der Waals surface area contributed by atoms with Crippen molar-refractivity contribution in [2.24, 2.45) is 22.7 Å². The van der Waals surface area contributed by atoms with E-state index in [-0.39, 0.29) is 11.7 Å². The van der Waals surface area contributed by atoms with Crippen molar-refractivity contribution in [3.8, 4) is 0 Å². The number of Topliss-reactive ketones (excluding diaryl/α,β-unsaturated/α-hetero) is 1. The van der Waals surface area contributed by atoms with Gasteiger partial charge in [-0.1, -0.05) is 18.2 Å². The minimum absolute atomic E-state index is 0.0795. The number of rotatable bonds is 3. The summed E-state index contributed by atoms with van der Waals surface area (Å²) in [6, 6.07) is 0. The molecule has 98 valence electrons. The van der Waals surface area contributed by atoms with Gasteiger partial charge in [0.1, 0.15) is 0 Å². The lowest BCUT2D eigenvalue weighted by molar-refractivity contribution is -0.127. The molecule has 3 rings (SSSR count). The molecule has 2 aliphatic carbocycles. The summed E-state index contributed by atoms with van der Waals surface area (Å²) < 4.78 is -0.938. The van der Waals surface area contributed by atoms with Gasteiger partial charge in [-0.15, -0.1) is 0 Å². The minimum Gasteiger partial charge on any atom is -0.298 e. The van der Waals surface area contributed by atoms with E-state index in [0.717, 1.165) is 23.3 Å². The Bertz CT molecular complexity index is 445. The van der Waals surface area contributed by atoms with Crippen molar-refractivity contribution in [2.45, 2.75) is 50.7 Å². The molecule has 2 saturated carbocycles.